The van der Waals surface area contributed by atoms with Gasteiger partial charge in [-0.1, -0.05) is 6.07 Å². The summed E-state index contributed by atoms with van der Waals surface area (Å²) in [5, 5.41) is 3.04. The quantitative estimate of drug-likeness (QED) is 0.909. The summed E-state index contributed by atoms with van der Waals surface area (Å²) in [7, 11) is 0. The van der Waals surface area contributed by atoms with Crippen molar-refractivity contribution < 1.29 is 4.79 Å². The van der Waals surface area contributed by atoms with E-state index >= 15 is 0 Å². The standard InChI is InChI=1S/C17H19N3O2/c1-10-4-3-7-18-15(10)16(12-5-6-12)20-17(22)14-9-13(21)8-11(2)19-14/h3-4,7-9,12,16H,5-6H2,1-2H3,(H,19,21)(H,20,22)/t16-/m1/s1. The summed E-state index contributed by atoms with van der Waals surface area (Å²) in [4.78, 5) is 31.4. The molecule has 1 atom stereocenters. The smallest absolute Gasteiger partial charge is 0.268 e. The van der Waals surface area contributed by atoms with Crippen LogP contribution in [0.2, 0.25) is 0 Å². The van der Waals surface area contributed by atoms with Gasteiger partial charge in [-0.05, 0) is 44.2 Å². The number of aromatic amines is 1. The average molecular weight is 297 g/mol. The maximum Gasteiger partial charge on any atom is 0.268 e. The van der Waals surface area contributed by atoms with Crippen molar-refractivity contribution in [3.63, 3.8) is 0 Å². The van der Waals surface area contributed by atoms with Crippen molar-refractivity contribution in [1.82, 2.24) is 15.3 Å². The van der Waals surface area contributed by atoms with Crippen molar-refractivity contribution in [2.75, 3.05) is 0 Å². The van der Waals surface area contributed by atoms with Crippen molar-refractivity contribution >= 4 is 5.91 Å². The first-order valence-electron chi connectivity index (χ1n) is 7.48. The van der Waals surface area contributed by atoms with Crippen LogP contribution in [0, 0.1) is 19.8 Å². The third kappa shape index (κ3) is 3.08. The second-order valence-corrected chi connectivity index (χ2v) is 5.91. The van der Waals surface area contributed by atoms with Crippen LogP contribution in [0.3, 0.4) is 0 Å². The second kappa shape index (κ2) is 5.75. The molecule has 0 saturated heterocycles. The zero-order chi connectivity index (χ0) is 15.7. The van der Waals surface area contributed by atoms with E-state index in [0.29, 0.717) is 17.3 Å². The third-order valence-electron chi connectivity index (χ3n) is 3.95. The van der Waals surface area contributed by atoms with Crippen LogP contribution in [0.25, 0.3) is 0 Å². The Morgan fingerprint density at radius 3 is 2.77 bits per heavy atom. The van der Waals surface area contributed by atoms with Gasteiger partial charge in [-0.15, -0.1) is 0 Å². The molecule has 2 aromatic rings. The fraction of sp³-hybridized carbons (Fsp3) is 0.353. The number of rotatable bonds is 4. The molecule has 22 heavy (non-hydrogen) atoms. The van der Waals surface area contributed by atoms with Crippen LogP contribution >= 0.6 is 0 Å². The van der Waals surface area contributed by atoms with Crippen molar-refractivity contribution in [2.45, 2.75) is 32.7 Å². The minimum Gasteiger partial charge on any atom is -0.354 e. The molecule has 1 saturated carbocycles. The Balaban J connectivity index is 1.87. The largest absolute Gasteiger partial charge is 0.354 e. The lowest BCUT2D eigenvalue weighted by Gasteiger charge is -2.19. The number of carbonyl (C=O) groups excluding carboxylic acids is 1. The second-order valence-electron chi connectivity index (χ2n) is 5.91. The summed E-state index contributed by atoms with van der Waals surface area (Å²) in [5.41, 5.74) is 2.78. The Morgan fingerprint density at radius 1 is 1.36 bits per heavy atom. The van der Waals surface area contributed by atoms with Crippen molar-refractivity contribution in [3.8, 4) is 0 Å². The monoisotopic (exact) mass is 297 g/mol. The molecule has 0 spiro atoms. The van der Waals surface area contributed by atoms with Gasteiger partial charge in [0.2, 0.25) is 0 Å². The molecule has 0 unspecified atom stereocenters. The van der Waals surface area contributed by atoms with E-state index in [0.717, 1.165) is 24.1 Å². The Kier molecular flexibility index (Phi) is 3.79. The van der Waals surface area contributed by atoms with E-state index in [2.05, 4.69) is 15.3 Å². The number of pyridine rings is 2. The van der Waals surface area contributed by atoms with Crippen LogP contribution in [-0.2, 0) is 0 Å². The normalized spacial score (nSPS) is 15.4. The molecule has 2 N–H and O–H groups in total. The molecule has 0 aliphatic heterocycles. The Hall–Kier alpha value is -2.43. The van der Waals surface area contributed by atoms with Crippen LogP contribution in [0.15, 0.2) is 35.3 Å². The summed E-state index contributed by atoms with van der Waals surface area (Å²) < 4.78 is 0. The number of aromatic nitrogens is 2. The third-order valence-corrected chi connectivity index (χ3v) is 3.95. The molecule has 2 aromatic heterocycles. The van der Waals surface area contributed by atoms with Crippen molar-refractivity contribution in [3.05, 3.63) is 63.3 Å². The van der Waals surface area contributed by atoms with E-state index in [9.17, 15) is 9.59 Å². The summed E-state index contributed by atoms with van der Waals surface area (Å²) in [6.45, 7) is 3.76. The van der Waals surface area contributed by atoms with Gasteiger partial charge < -0.3 is 10.3 Å². The highest BCUT2D eigenvalue weighted by molar-refractivity contribution is 5.92. The molecule has 2 heterocycles. The molecule has 1 aliphatic rings. The topological polar surface area (TPSA) is 74.8 Å². The lowest BCUT2D eigenvalue weighted by atomic mass is 10.0. The molecule has 0 radical (unpaired) electrons. The zero-order valence-electron chi connectivity index (χ0n) is 12.7. The van der Waals surface area contributed by atoms with E-state index in [1.54, 1.807) is 13.1 Å². The Labute approximate surface area is 128 Å². The molecule has 0 bridgehead atoms. The molecule has 1 fully saturated rings. The van der Waals surface area contributed by atoms with Gasteiger partial charge in [0.05, 0.1) is 11.7 Å². The van der Waals surface area contributed by atoms with E-state index in [-0.39, 0.29) is 17.4 Å². The highest BCUT2D eigenvalue weighted by Crippen LogP contribution is 2.41. The lowest BCUT2D eigenvalue weighted by Crippen LogP contribution is -2.32. The molecule has 114 valence electrons. The number of hydrogen-bond donors (Lipinski definition) is 2. The minimum atomic E-state index is -0.261. The molecule has 0 aromatic carbocycles. The summed E-state index contributed by atoms with van der Waals surface area (Å²) in [6.07, 6.45) is 3.93. The van der Waals surface area contributed by atoms with E-state index < -0.39 is 0 Å². The van der Waals surface area contributed by atoms with E-state index in [1.807, 2.05) is 19.1 Å². The first-order valence-corrected chi connectivity index (χ1v) is 7.48. The highest BCUT2D eigenvalue weighted by Gasteiger charge is 2.35. The number of nitrogens with one attached hydrogen (secondary N) is 2. The van der Waals surface area contributed by atoms with Gasteiger partial charge in [-0.3, -0.25) is 14.6 Å². The van der Waals surface area contributed by atoms with Gasteiger partial charge in [-0.2, -0.15) is 0 Å². The first-order chi connectivity index (χ1) is 10.5. The van der Waals surface area contributed by atoms with Gasteiger partial charge in [0.15, 0.2) is 5.43 Å². The number of nitrogens with zero attached hydrogens (tertiary/aromatic N) is 1. The summed E-state index contributed by atoms with van der Waals surface area (Å²) in [5.74, 6) is 0.164. The van der Waals surface area contributed by atoms with Crippen LogP contribution in [0.1, 0.15) is 46.3 Å². The SMILES string of the molecule is Cc1cc(=O)cc(C(=O)N[C@@H](c2ncccc2C)C2CC2)[nH]1. The number of H-pyrrole nitrogens is 1. The van der Waals surface area contributed by atoms with Crippen LogP contribution in [0.5, 0.6) is 0 Å². The molecular weight excluding hydrogens is 278 g/mol. The Morgan fingerprint density at radius 2 is 2.14 bits per heavy atom. The van der Waals surface area contributed by atoms with Crippen LogP contribution in [-0.4, -0.2) is 15.9 Å². The minimum absolute atomic E-state index is 0.0993. The maximum atomic E-state index is 12.5. The highest BCUT2D eigenvalue weighted by atomic mass is 16.2. The Bertz CT molecular complexity index is 762. The lowest BCUT2D eigenvalue weighted by molar-refractivity contribution is 0.0925. The van der Waals surface area contributed by atoms with Crippen molar-refractivity contribution in [2.24, 2.45) is 5.92 Å². The number of amides is 1. The van der Waals surface area contributed by atoms with Gasteiger partial charge in [-0.25, -0.2) is 0 Å². The predicted molar refractivity (Wildman–Crippen MR) is 83.7 cm³/mol. The molecule has 5 nitrogen and oxygen atoms in total. The van der Waals surface area contributed by atoms with Gasteiger partial charge >= 0.3 is 0 Å². The van der Waals surface area contributed by atoms with E-state index in [1.165, 1.54) is 12.1 Å². The number of carbonyl (C=O) groups is 1. The van der Waals surface area contributed by atoms with E-state index in [4.69, 9.17) is 0 Å². The molecular formula is C17H19N3O2. The number of aryl methyl sites for hydroxylation is 2. The van der Waals surface area contributed by atoms with Crippen LogP contribution < -0.4 is 10.7 Å². The maximum absolute atomic E-state index is 12.5. The summed E-state index contributed by atoms with van der Waals surface area (Å²) in [6, 6.07) is 6.59. The zero-order valence-corrected chi connectivity index (χ0v) is 12.7. The fourth-order valence-corrected chi connectivity index (χ4v) is 2.69. The van der Waals surface area contributed by atoms with Gasteiger partial charge in [0.1, 0.15) is 5.69 Å². The number of hydrogen-bond acceptors (Lipinski definition) is 3. The van der Waals surface area contributed by atoms with Crippen LogP contribution in [0.4, 0.5) is 0 Å². The molecule has 5 heteroatoms. The first kappa shape index (κ1) is 14.5. The van der Waals surface area contributed by atoms with Gasteiger partial charge in [0, 0.05) is 24.0 Å². The summed E-state index contributed by atoms with van der Waals surface area (Å²) >= 11 is 0. The van der Waals surface area contributed by atoms with Gasteiger partial charge in [0.25, 0.3) is 5.91 Å². The molecule has 3 rings (SSSR count). The molecule has 1 amide bonds. The van der Waals surface area contributed by atoms with Crippen molar-refractivity contribution in [1.29, 1.82) is 0 Å². The predicted octanol–water partition coefficient (Wildman–Crippen LogP) is 2.27. The fourth-order valence-electron chi connectivity index (χ4n) is 2.69. The molecule has 1 aliphatic carbocycles. The average Bonchev–Trinajstić information content (AvgIpc) is 3.29.